The maximum atomic E-state index is 8.85. The molecule has 0 heterocycles. The number of fused-ring (bicyclic) bond motifs is 1. The molecule has 0 amide bonds. The van der Waals surface area contributed by atoms with Gasteiger partial charge in [0.15, 0.2) is 0 Å². The number of hydrogen-bond donors (Lipinski definition) is 0. The van der Waals surface area contributed by atoms with Crippen LogP contribution in [0.1, 0.15) is 5.56 Å². The fourth-order valence-electron chi connectivity index (χ4n) is 1.37. The molecule has 0 atom stereocenters. The van der Waals surface area contributed by atoms with Gasteiger partial charge in [-0.15, -0.1) is 0 Å². The van der Waals surface area contributed by atoms with Gasteiger partial charge in [0, 0.05) is 5.56 Å². The van der Waals surface area contributed by atoms with Crippen LogP contribution < -0.4 is 0 Å². The number of nitriles is 1. The lowest BCUT2D eigenvalue weighted by molar-refractivity contribution is 1.51. The predicted octanol–water partition coefficient (Wildman–Crippen LogP) is 3.32. The van der Waals surface area contributed by atoms with Crippen molar-refractivity contribution in [2.75, 3.05) is 0 Å². The van der Waals surface area contributed by atoms with Crippen molar-refractivity contribution < 1.29 is 0 Å². The minimum Gasteiger partial charge on any atom is -0.192 e. The summed E-state index contributed by atoms with van der Waals surface area (Å²) in [5, 5.41) is 9.38. The molecule has 0 saturated heterocycles. The average molecular weight is 188 g/mol. The molecule has 13 heavy (non-hydrogen) atoms. The van der Waals surface area contributed by atoms with Gasteiger partial charge < -0.3 is 0 Å². The lowest BCUT2D eigenvalue weighted by Crippen LogP contribution is -1.71. The molecule has 2 rings (SSSR count). The van der Waals surface area contributed by atoms with E-state index >= 15 is 0 Å². The smallest absolute Gasteiger partial charge is 0.101 e. The number of rotatable bonds is 0. The first-order valence-corrected chi connectivity index (χ1v) is 4.28. The summed E-state index contributed by atoms with van der Waals surface area (Å²) in [7, 11) is 0. The molecule has 1 nitrogen and oxygen atoms in total. The standard InChI is InChI=1S/C11H6ClN/c12-11-6-8-4-2-1-3-5-9(8)10(11)7-13/h1-6H. The molecule has 2 aliphatic rings. The normalized spacial score (nSPS) is 9.85. The van der Waals surface area contributed by atoms with Crippen LogP contribution in [-0.4, -0.2) is 0 Å². The van der Waals surface area contributed by atoms with E-state index in [0.29, 0.717) is 10.6 Å². The Morgan fingerprint density at radius 1 is 1.15 bits per heavy atom. The van der Waals surface area contributed by atoms with Crippen molar-refractivity contribution in [3.63, 3.8) is 0 Å². The molecule has 0 saturated carbocycles. The third-order valence-corrected chi connectivity index (χ3v) is 2.27. The molecule has 0 radical (unpaired) electrons. The Bertz CT molecular complexity index is 456. The highest BCUT2D eigenvalue weighted by molar-refractivity contribution is 6.33. The second-order valence-electron chi connectivity index (χ2n) is 2.76. The van der Waals surface area contributed by atoms with Gasteiger partial charge in [0.25, 0.3) is 0 Å². The minimum atomic E-state index is 0.531. The Morgan fingerprint density at radius 3 is 2.69 bits per heavy atom. The lowest BCUT2D eigenvalue weighted by atomic mass is 10.1. The Balaban J connectivity index is 2.81. The Morgan fingerprint density at radius 2 is 1.92 bits per heavy atom. The first-order chi connectivity index (χ1) is 6.33. The van der Waals surface area contributed by atoms with Crippen LogP contribution in [0.15, 0.2) is 36.4 Å². The van der Waals surface area contributed by atoms with Gasteiger partial charge in [-0.1, -0.05) is 41.9 Å². The molecular weight excluding hydrogens is 182 g/mol. The van der Waals surface area contributed by atoms with Crippen LogP contribution in [0.3, 0.4) is 0 Å². The van der Waals surface area contributed by atoms with E-state index < -0.39 is 0 Å². The highest BCUT2D eigenvalue weighted by Gasteiger charge is 2.11. The van der Waals surface area contributed by atoms with E-state index in [1.54, 1.807) is 0 Å². The van der Waals surface area contributed by atoms with Crippen LogP contribution in [0.2, 0.25) is 5.02 Å². The zero-order chi connectivity index (χ0) is 9.26. The summed E-state index contributed by atoms with van der Waals surface area (Å²) in [5.74, 6) is 0. The van der Waals surface area contributed by atoms with E-state index in [2.05, 4.69) is 6.07 Å². The first kappa shape index (κ1) is 8.10. The van der Waals surface area contributed by atoms with Crippen molar-refractivity contribution in [1.29, 1.82) is 5.26 Å². The van der Waals surface area contributed by atoms with Crippen LogP contribution in [0, 0.1) is 11.3 Å². The molecule has 2 heteroatoms. The van der Waals surface area contributed by atoms with E-state index in [1.165, 1.54) is 0 Å². The van der Waals surface area contributed by atoms with Gasteiger partial charge in [-0.3, -0.25) is 0 Å². The molecule has 0 aromatic carbocycles. The summed E-state index contributed by atoms with van der Waals surface area (Å²) in [4.78, 5) is 0. The van der Waals surface area contributed by atoms with Crippen molar-refractivity contribution in [2.24, 2.45) is 0 Å². The molecular formula is C11H6ClN. The molecule has 0 bridgehead atoms. The van der Waals surface area contributed by atoms with Crippen LogP contribution in [0.5, 0.6) is 0 Å². The van der Waals surface area contributed by atoms with E-state index in [9.17, 15) is 0 Å². The topological polar surface area (TPSA) is 23.8 Å². The molecule has 0 unspecified atom stereocenters. The van der Waals surface area contributed by atoms with Gasteiger partial charge in [0.2, 0.25) is 0 Å². The van der Waals surface area contributed by atoms with Gasteiger partial charge >= 0.3 is 0 Å². The maximum Gasteiger partial charge on any atom is 0.101 e. The van der Waals surface area contributed by atoms with E-state index in [0.717, 1.165) is 11.1 Å². The third kappa shape index (κ3) is 1.26. The molecule has 0 spiro atoms. The van der Waals surface area contributed by atoms with Crippen LogP contribution in [0.25, 0.3) is 11.1 Å². The highest BCUT2D eigenvalue weighted by atomic mass is 35.5. The summed E-state index contributed by atoms with van der Waals surface area (Å²) in [5.41, 5.74) is 2.48. The summed E-state index contributed by atoms with van der Waals surface area (Å²) in [6, 6.07) is 13.5. The predicted molar refractivity (Wildman–Crippen MR) is 52.8 cm³/mol. The number of halogens is 1. The molecule has 0 aliphatic heterocycles. The summed E-state index contributed by atoms with van der Waals surface area (Å²) in [6.07, 6.45) is 0. The van der Waals surface area contributed by atoms with Crippen molar-refractivity contribution in [3.8, 4) is 17.2 Å². The van der Waals surface area contributed by atoms with Gasteiger partial charge in [-0.2, -0.15) is 5.26 Å². The second-order valence-corrected chi connectivity index (χ2v) is 3.17. The van der Waals surface area contributed by atoms with E-state index in [4.69, 9.17) is 16.9 Å². The van der Waals surface area contributed by atoms with Crippen molar-refractivity contribution in [1.82, 2.24) is 0 Å². The molecule has 62 valence electrons. The van der Waals surface area contributed by atoms with Crippen molar-refractivity contribution in [2.45, 2.75) is 0 Å². The molecule has 0 aromatic rings. The fraction of sp³-hybridized carbons (Fsp3) is 0. The van der Waals surface area contributed by atoms with Gasteiger partial charge in [-0.05, 0) is 11.6 Å². The minimum absolute atomic E-state index is 0.531. The van der Waals surface area contributed by atoms with Crippen LogP contribution in [-0.2, 0) is 0 Å². The zero-order valence-electron chi connectivity index (χ0n) is 6.79. The lowest BCUT2D eigenvalue weighted by Gasteiger charge is -1.89. The fourth-order valence-corrected chi connectivity index (χ4v) is 1.63. The molecule has 0 fully saturated rings. The van der Waals surface area contributed by atoms with Crippen LogP contribution in [0.4, 0.5) is 0 Å². The van der Waals surface area contributed by atoms with Crippen LogP contribution >= 0.6 is 11.6 Å². The molecule has 0 aromatic heterocycles. The summed E-state index contributed by atoms with van der Waals surface area (Å²) >= 11 is 5.89. The van der Waals surface area contributed by atoms with Gasteiger partial charge in [0.05, 0.1) is 10.6 Å². The van der Waals surface area contributed by atoms with Gasteiger partial charge in [0.1, 0.15) is 6.07 Å². The molecule has 2 aliphatic carbocycles. The SMILES string of the molecule is N#Cc1c(Cl)cc2cccccc1-2. The summed E-state index contributed by atoms with van der Waals surface area (Å²) < 4.78 is 0. The Kier molecular flexibility index (Phi) is 1.92. The second kappa shape index (κ2) is 3.08. The Hall–Kier alpha value is -1.52. The monoisotopic (exact) mass is 187 g/mol. The molecule has 0 N–H and O–H groups in total. The number of nitrogens with zero attached hydrogens (tertiary/aromatic N) is 1. The Labute approximate surface area is 81.5 Å². The van der Waals surface area contributed by atoms with Crippen molar-refractivity contribution >= 4 is 11.6 Å². The quantitative estimate of drug-likeness (QED) is 0.621. The number of hydrogen-bond acceptors (Lipinski definition) is 1. The highest BCUT2D eigenvalue weighted by Crippen LogP contribution is 2.33. The maximum absolute atomic E-state index is 8.85. The summed E-state index contributed by atoms with van der Waals surface area (Å²) in [6.45, 7) is 0. The first-order valence-electron chi connectivity index (χ1n) is 3.90. The largest absolute Gasteiger partial charge is 0.192 e. The van der Waals surface area contributed by atoms with E-state index in [-0.39, 0.29) is 0 Å². The van der Waals surface area contributed by atoms with Gasteiger partial charge in [-0.25, -0.2) is 0 Å². The zero-order valence-corrected chi connectivity index (χ0v) is 7.55. The van der Waals surface area contributed by atoms with Crippen molar-refractivity contribution in [3.05, 3.63) is 47.0 Å². The van der Waals surface area contributed by atoms with E-state index in [1.807, 2.05) is 36.4 Å². The third-order valence-electron chi connectivity index (χ3n) is 1.97. The average Bonchev–Trinajstić information content (AvgIpc) is 2.32.